The zero-order chi connectivity index (χ0) is 19.9. The number of para-hydroxylation sites is 1. The minimum absolute atomic E-state index is 0.196. The molecule has 0 aliphatic heterocycles. The van der Waals surface area contributed by atoms with Gasteiger partial charge in [0.2, 0.25) is 0 Å². The Labute approximate surface area is 172 Å². The molecule has 1 amide bonds. The van der Waals surface area contributed by atoms with Crippen molar-refractivity contribution in [2.75, 3.05) is 17.2 Å². The highest BCUT2D eigenvalue weighted by molar-refractivity contribution is 6.33. The second kappa shape index (κ2) is 9.44. The fraction of sp³-hybridized carbons (Fsp3) is 0.0952. The second-order valence-corrected chi connectivity index (χ2v) is 6.76. The third-order valence-corrected chi connectivity index (χ3v) is 4.47. The molecule has 0 radical (unpaired) electrons. The lowest BCUT2D eigenvalue weighted by Crippen LogP contribution is -2.20. The van der Waals surface area contributed by atoms with E-state index in [0.717, 1.165) is 11.3 Å². The van der Waals surface area contributed by atoms with E-state index in [4.69, 9.17) is 27.9 Å². The van der Waals surface area contributed by atoms with Gasteiger partial charge in [0.15, 0.2) is 6.61 Å². The number of anilines is 2. The van der Waals surface area contributed by atoms with E-state index in [-0.39, 0.29) is 18.3 Å². The summed E-state index contributed by atoms with van der Waals surface area (Å²) in [6.45, 7) is 0.316. The van der Waals surface area contributed by atoms with Crippen molar-refractivity contribution < 1.29 is 13.9 Å². The van der Waals surface area contributed by atoms with Gasteiger partial charge in [0.25, 0.3) is 5.91 Å². The van der Waals surface area contributed by atoms with Crippen LogP contribution in [0.5, 0.6) is 5.75 Å². The lowest BCUT2D eigenvalue weighted by atomic mass is 10.2. The fourth-order valence-corrected chi connectivity index (χ4v) is 2.88. The lowest BCUT2D eigenvalue weighted by molar-refractivity contribution is -0.118. The van der Waals surface area contributed by atoms with E-state index >= 15 is 0 Å². The molecule has 4 nitrogen and oxygen atoms in total. The molecule has 0 fully saturated rings. The van der Waals surface area contributed by atoms with Crippen LogP contribution < -0.4 is 15.4 Å². The molecule has 0 spiro atoms. The fourth-order valence-electron chi connectivity index (χ4n) is 2.44. The zero-order valence-electron chi connectivity index (χ0n) is 14.7. The third kappa shape index (κ3) is 5.62. The van der Waals surface area contributed by atoms with Crippen LogP contribution in [0.3, 0.4) is 0 Å². The van der Waals surface area contributed by atoms with Crippen LogP contribution in [0.4, 0.5) is 15.8 Å². The van der Waals surface area contributed by atoms with Crippen LogP contribution in [0.25, 0.3) is 0 Å². The number of rotatable bonds is 7. The first kappa shape index (κ1) is 20.0. The number of carbonyl (C=O) groups is 1. The molecule has 0 aliphatic rings. The number of hydrogen-bond acceptors (Lipinski definition) is 3. The quantitative estimate of drug-likeness (QED) is 0.512. The molecule has 0 bridgehead atoms. The average molecular weight is 419 g/mol. The van der Waals surface area contributed by atoms with Gasteiger partial charge in [-0.25, -0.2) is 4.39 Å². The van der Waals surface area contributed by atoms with Gasteiger partial charge in [0.05, 0.1) is 15.7 Å². The Morgan fingerprint density at radius 3 is 2.43 bits per heavy atom. The summed E-state index contributed by atoms with van der Waals surface area (Å²) in [6, 6.07) is 18.3. The molecule has 0 saturated heterocycles. The maximum atomic E-state index is 12.9. The summed E-state index contributed by atoms with van der Waals surface area (Å²) in [5.41, 5.74) is 2.24. The molecule has 0 saturated carbocycles. The second-order valence-electron chi connectivity index (χ2n) is 5.94. The van der Waals surface area contributed by atoms with Gasteiger partial charge < -0.3 is 15.4 Å². The number of nitrogens with one attached hydrogen (secondary N) is 2. The molecule has 3 aromatic rings. The topological polar surface area (TPSA) is 50.4 Å². The highest BCUT2D eigenvalue weighted by Crippen LogP contribution is 2.26. The lowest BCUT2D eigenvalue weighted by Gasteiger charge is -2.11. The van der Waals surface area contributed by atoms with Crippen molar-refractivity contribution in [3.05, 3.63) is 88.2 Å². The van der Waals surface area contributed by atoms with E-state index in [0.29, 0.717) is 28.0 Å². The largest absolute Gasteiger partial charge is 0.482 e. The van der Waals surface area contributed by atoms with Crippen molar-refractivity contribution in [3.8, 4) is 5.75 Å². The van der Waals surface area contributed by atoms with Crippen molar-refractivity contribution in [1.82, 2.24) is 0 Å². The first-order valence-corrected chi connectivity index (χ1v) is 9.22. The molecule has 0 heterocycles. The van der Waals surface area contributed by atoms with Gasteiger partial charge in [-0.2, -0.15) is 0 Å². The Hall–Kier alpha value is -2.76. The zero-order valence-corrected chi connectivity index (χ0v) is 16.2. The molecular formula is C21H17Cl2FN2O2. The minimum Gasteiger partial charge on any atom is -0.482 e. The summed E-state index contributed by atoms with van der Waals surface area (Å²) in [4.78, 5) is 12.0. The van der Waals surface area contributed by atoms with Crippen LogP contribution in [-0.2, 0) is 11.3 Å². The summed E-state index contributed by atoms with van der Waals surface area (Å²) in [5, 5.41) is 6.70. The Bertz CT molecular complexity index is 965. The SMILES string of the molecule is O=C(COc1ccc(CNc2ccc(F)cc2)cc1Cl)Nc1ccccc1Cl. The molecule has 28 heavy (non-hydrogen) atoms. The van der Waals surface area contributed by atoms with Crippen LogP contribution in [0.2, 0.25) is 10.0 Å². The van der Waals surface area contributed by atoms with Crippen molar-refractivity contribution in [3.63, 3.8) is 0 Å². The first-order valence-electron chi connectivity index (χ1n) is 8.46. The predicted octanol–water partition coefficient (Wildman–Crippen LogP) is 5.76. The van der Waals surface area contributed by atoms with Gasteiger partial charge in [-0.15, -0.1) is 0 Å². The molecule has 0 aromatic heterocycles. The number of halogens is 3. The molecule has 0 aliphatic carbocycles. The normalized spacial score (nSPS) is 10.4. The standard InChI is InChI=1S/C21H17Cl2FN2O2/c22-17-3-1-2-4-19(17)26-21(27)13-28-20-10-5-14(11-18(20)23)12-25-16-8-6-15(24)7-9-16/h1-11,25H,12-13H2,(H,26,27). The highest BCUT2D eigenvalue weighted by atomic mass is 35.5. The summed E-state index contributed by atoms with van der Waals surface area (Å²) < 4.78 is 18.4. The Kier molecular flexibility index (Phi) is 6.74. The Morgan fingerprint density at radius 2 is 1.71 bits per heavy atom. The van der Waals surface area contributed by atoms with E-state index in [9.17, 15) is 9.18 Å². The first-order chi connectivity index (χ1) is 13.5. The van der Waals surface area contributed by atoms with Crippen LogP contribution in [-0.4, -0.2) is 12.5 Å². The smallest absolute Gasteiger partial charge is 0.262 e. The molecule has 3 rings (SSSR count). The van der Waals surface area contributed by atoms with E-state index in [1.54, 1.807) is 48.5 Å². The molecular weight excluding hydrogens is 402 g/mol. The van der Waals surface area contributed by atoms with Crippen LogP contribution in [0.1, 0.15) is 5.56 Å². The Morgan fingerprint density at radius 1 is 0.964 bits per heavy atom. The summed E-state index contributed by atoms with van der Waals surface area (Å²) >= 11 is 12.3. The van der Waals surface area contributed by atoms with E-state index < -0.39 is 0 Å². The number of amides is 1. The summed E-state index contributed by atoms with van der Waals surface area (Å²) in [5.74, 6) is -0.221. The third-order valence-electron chi connectivity index (χ3n) is 3.84. The molecule has 3 aromatic carbocycles. The number of hydrogen-bond donors (Lipinski definition) is 2. The van der Waals surface area contributed by atoms with Crippen molar-refractivity contribution in [1.29, 1.82) is 0 Å². The molecule has 0 atom stereocenters. The maximum Gasteiger partial charge on any atom is 0.262 e. The van der Waals surface area contributed by atoms with E-state index in [1.165, 1.54) is 12.1 Å². The van der Waals surface area contributed by atoms with Gasteiger partial charge >= 0.3 is 0 Å². The van der Waals surface area contributed by atoms with Crippen molar-refractivity contribution >= 4 is 40.5 Å². The monoisotopic (exact) mass is 418 g/mol. The number of carbonyl (C=O) groups excluding carboxylic acids is 1. The van der Waals surface area contributed by atoms with Gasteiger partial charge in [-0.1, -0.05) is 41.4 Å². The van der Waals surface area contributed by atoms with Crippen LogP contribution in [0, 0.1) is 5.82 Å². The van der Waals surface area contributed by atoms with Crippen molar-refractivity contribution in [2.45, 2.75) is 6.54 Å². The highest BCUT2D eigenvalue weighted by Gasteiger charge is 2.09. The number of benzene rings is 3. The van der Waals surface area contributed by atoms with E-state index in [2.05, 4.69) is 10.6 Å². The predicted molar refractivity (Wildman–Crippen MR) is 111 cm³/mol. The average Bonchev–Trinajstić information content (AvgIpc) is 2.68. The molecule has 144 valence electrons. The summed E-state index contributed by atoms with van der Waals surface area (Å²) in [7, 11) is 0. The van der Waals surface area contributed by atoms with Gasteiger partial charge in [-0.05, 0) is 54.1 Å². The van der Waals surface area contributed by atoms with Gasteiger partial charge in [0, 0.05) is 12.2 Å². The van der Waals surface area contributed by atoms with Crippen LogP contribution >= 0.6 is 23.2 Å². The van der Waals surface area contributed by atoms with Crippen LogP contribution in [0.15, 0.2) is 66.7 Å². The van der Waals surface area contributed by atoms with Gasteiger partial charge in [-0.3, -0.25) is 4.79 Å². The van der Waals surface area contributed by atoms with Gasteiger partial charge in [0.1, 0.15) is 11.6 Å². The maximum absolute atomic E-state index is 12.9. The number of ether oxygens (including phenoxy) is 1. The minimum atomic E-state index is -0.341. The summed E-state index contributed by atoms with van der Waals surface area (Å²) in [6.07, 6.45) is 0. The molecule has 2 N–H and O–H groups in total. The molecule has 7 heteroatoms. The van der Waals surface area contributed by atoms with Crippen molar-refractivity contribution in [2.24, 2.45) is 0 Å². The Balaban J connectivity index is 1.53. The van der Waals surface area contributed by atoms with E-state index in [1.807, 2.05) is 6.07 Å². The molecule has 0 unspecified atom stereocenters.